The van der Waals surface area contributed by atoms with Crippen molar-refractivity contribution in [1.82, 2.24) is 15.1 Å². The molecule has 0 unspecified atom stereocenters. The summed E-state index contributed by atoms with van der Waals surface area (Å²) >= 11 is 0. The van der Waals surface area contributed by atoms with E-state index in [4.69, 9.17) is 0 Å². The van der Waals surface area contributed by atoms with Crippen LogP contribution in [0.4, 0.5) is 15.0 Å². The molecule has 0 radical (unpaired) electrons. The summed E-state index contributed by atoms with van der Waals surface area (Å²) in [7, 11) is 1.79. The zero-order chi connectivity index (χ0) is 17.1. The van der Waals surface area contributed by atoms with Gasteiger partial charge in [-0.25, -0.2) is 9.18 Å². The van der Waals surface area contributed by atoms with E-state index in [0.717, 1.165) is 24.1 Å². The Hall–Kier alpha value is -2.37. The lowest BCUT2D eigenvalue weighted by Crippen LogP contribution is -2.36. The molecule has 1 aromatic carbocycles. The number of nitrogens with one attached hydrogen (secondary N) is 2. The van der Waals surface area contributed by atoms with Crippen molar-refractivity contribution in [3.8, 4) is 0 Å². The van der Waals surface area contributed by atoms with E-state index in [9.17, 15) is 9.18 Å². The monoisotopic (exact) mass is 330 g/mol. The molecule has 2 aromatic rings. The second-order valence-electron chi connectivity index (χ2n) is 6.47. The van der Waals surface area contributed by atoms with E-state index in [0.29, 0.717) is 11.7 Å². The van der Waals surface area contributed by atoms with Crippen LogP contribution in [-0.4, -0.2) is 15.8 Å². The molecule has 0 spiro atoms. The highest BCUT2D eigenvalue weighted by Crippen LogP contribution is 2.35. The highest BCUT2D eigenvalue weighted by molar-refractivity contribution is 5.88. The quantitative estimate of drug-likeness (QED) is 0.892. The van der Waals surface area contributed by atoms with Crippen molar-refractivity contribution in [1.29, 1.82) is 0 Å². The Bertz CT molecular complexity index is 704. The number of hydrogen-bond acceptors (Lipinski definition) is 2. The van der Waals surface area contributed by atoms with E-state index in [1.165, 1.54) is 25.0 Å². The number of nitrogens with zero attached hydrogens (tertiary/aromatic N) is 2. The molecular weight excluding hydrogens is 307 g/mol. The molecule has 0 saturated heterocycles. The number of hydrogen-bond donors (Lipinski definition) is 2. The normalized spacial score (nSPS) is 16.1. The highest BCUT2D eigenvalue weighted by atomic mass is 19.1. The summed E-state index contributed by atoms with van der Waals surface area (Å²) in [4.78, 5) is 12.4. The Morgan fingerprint density at radius 3 is 2.54 bits per heavy atom. The first kappa shape index (κ1) is 16.5. The molecule has 24 heavy (non-hydrogen) atoms. The van der Waals surface area contributed by atoms with Crippen molar-refractivity contribution in [2.45, 2.75) is 38.6 Å². The average molecular weight is 330 g/mol. The number of carbonyl (C=O) groups excluding carboxylic acids is 1. The molecule has 1 aromatic heterocycles. The van der Waals surface area contributed by atoms with Gasteiger partial charge in [-0.2, -0.15) is 5.10 Å². The van der Waals surface area contributed by atoms with Crippen molar-refractivity contribution in [2.24, 2.45) is 13.0 Å². The van der Waals surface area contributed by atoms with Crippen LogP contribution in [0.3, 0.4) is 0 Å². The van der Waals surface area contributed by atoms with Crippen LogP contribution in [0.5, 0.6) is 0 Å². The van der Waals surface area contributed by atoms with E-state index in [-0.39, 0.29) is 17.9 Å². The predicted molar refractivity (Wildman–Crippen MR) is 91.2 cm³/mol. The van der Waals surface area contributed by atoms with Crippen molar-refractivity contribution < 1.29 is 9.18 Å². The molecule has 0 bridgehead atoms. The first-order valence-electron chi connectivity index (χ1n) is 8.36. The number of amides is 2. The van der Waals surface area contributed by atoms with Crippen LogP contribution in [-0.2, 0) is 7.05 Å². The standard InChI is InChI=1S/C18H23FN4O/c1-12-11-16(23(2)22-12)20-18(24)21-17(13-5-3-4-6-13)14-7-9-15(19)10-8-14/h7-11,13,17H,3-6H2,1-2H3,(H2,20,21,24)/t17-/m1/s1. The Morgan fingerprint density at radius 2 is 1.96 bits per heavy atom. The van der Waals surface area contributed by atoms with Crippen LogP contribution in [0.15, 0.2) is 30.3 Å². The van der Waals surface area contributed by atoms with Crippen molar-refractivity contribution in [2.75, 3.05) is 5.32 Å². The summed E-state index contributed by atoms with van der Waals surface area (Å²) in [5.74, 6) is 0.766. The zero-order valence-corrected chi connectivity index (χ0v) is 14.1. The number of carbonyl (C=O) groups is 1. The largest absolute Gasteiger partial charge is 0.331 e. The Kier molecular flexibility index (Phi) is 4.83. The van der Waals surface area contributed by atoms with Gasteiger partial charge >= 0.3 is 6.03 Å². The van der Waals surface area contributed by atoms with Gasteiger partial charge in [-0.05, 0) is 43.4 Å². The number of benzene rings is 1. The maximum atomic E-state index is 13.2. The predicted octanol–water partition coefficient (Wildman–Crippen LogP) is 3.92. The molecule has 1 saturated carbocycles. The lowest BCUT2D eigenvalue weighted by molar-refractivity contribution is 0.242. The molecule has 1 atom stereocenters. The van der Waals surface area contributed by atoms with Crippen LogP contribution in [0, 0.1) is 18.7 Å². The Balaban J connectivity index is 1.74. The van der Waals surface area contributed by atoms with E-state index in [1.807, 2.05) is 13.0 Å². The molecule has 1 aliphatic carbocycles. The number of urea groups is 1. The van der Waals surface area contributed by atoms with Gasteiger partial charge in [0, 0.05) is 13.1 Å². The minimum atomic E-state index is -0.265. The topological polar surface area (TPSA) is 59.0 Å². The van der Waals surface area contributed by atoms with Gasteiger partial charge in [0.1, 0.15) is 11.6 Å². The number of halogens is 1. The summed E-state index contributed by atoms with van der Waals surface area (Å²) in [6.07, 6.45) is 4.50. The van der Waals surface area contributed by atoms with Crippen LogP contribution < -0.4 is 10.6 Å². The third-order valence-electron chi connectivity index (χ3n) is 4.63. The van der Waals surface area contributed by atoms with E-state index >= 15 is 0 Å². The molecule has 2 N–H and O–H groups in total. The minimum Gasteiger partial charge on any atom is -0.331 e. The summed E-state index contributed by atoms with van der Waals surface area (Å²) in [5.41, 5.74) is 1.79. The van der Waals surface area contributed by atoms with Gasteiger partial charge in [0.05, 0.1) is 11.7 Å². The van der Waals surface area contributed by atoms with Crippen LogP contribution in [0.2, 0.25) is 0 Å². The van der Waals surface area contributed by atoms with Crippen LogP contribution in [0.1, 0.15) is 43.0 Å². The third-order valence-corrected chi connectivity index (χ3v) is 4.63. The molecule has 3 rings (SSSR count). The first-order chi connectivity index (χ1) is 11.5. The fourth-order valence-corrected chi connectivity index (χ4v) is 3.46. The summed E-state index contributed by atoms with van der Waals surface area (Å²) < 4.78 is 14.9. The molecule has 5 nitrogen and oxygen atoms in total. The molecule has 6 heteroatoms. The minimum absolute atomic E-state index is 0.109. The van der Waals surface area contributed by atoms with Gasteiger partial charge in [0.2, 0.25) is 0 Å². The van der Waals surface area contributed by atoms with E-state index < -0.39 is 0 Å². The smallest absolute Gasteiger partial charge is 0.320 e. The summed E-state index contributed by atoms with van der Waals surface area (Å²) in [5, 5.41) is 10.1. The molecule has 128 valence electrons. The SMILES string of the molecule is Cc1cc(NC(=O)N[C@@H](c2ccc(F)cc2)C2CCCC2)n(C)n1. The van der Waals surface area contributed by atoms with E-state index in [2.05, 4.69) is 15.7 Å². The first-order valence-corrected chi connectivity index (χ1v) is 8.36. The second kappa shape index (κ2) is 7.03. The van der Waals surface area contributed by atoms with Crippen LogP contribution >= 0.6 is 0 Å². The number of anilines is 1. The van der Waals surface area contributed by atoms with Gasteiger partial charge in [0.15, 0.2) is 0 Å². The van der Waals surface area contributed by atoms with Gasteiger partial charge in [-0.3, -0.25) is 10.00 Å². The molecule has 0 aliphatic heterocycles. The van der Waals surface area contributed by atoms with Gasteiger partial charge in [0.25, 0.3) is 0 Å². The highest BCUT2D eigenvalue weighted by Gasteiger charge is 2.28. The van der Waals surface area contributed by atoms with Crippen LogP contribution in [0.25, 0.3) is 0 Å². The maximum absolute atomic E-state index is 13.2. The second-order valence-corrected chi connectivity index (χ2v) is 6.47. The van der Waals surface area contributed by atoms with Gasteiger partial charge < -0.3 is 5.32 Å². The Morgan fingerprint density at radius 1 is 1.29 bits per heavy atom. The molecule has 2 amide bonds. The number of aryl methyl sites for hydroxylation is 2. The number of aromatic nitrogens is 2. The third kappa shape index (κ3) is 3.75. The van der Waals surface area contributed by atoms with Gasteiger partial charge in [-0.15, -0.1) is 0 Å². The maximum Gasteiger partial charge on any atom is 0.320 e. The van der Waals surface area contributed by atoms with Crippen molar-refractivity contribution >= 4 is 11.8 Å². The average Bonchev–Trinajstić information content (AvgIpc) is 3.16. The molecular formula is C18H23FN4O. The fraction of sp³-hybridized carbons (Fsp3) is 0.444. The van der Waals surface area contributed by atoms with Gasteiger partial charge in [-0.1, -0.05) is 25.0 Å². The molecule has 1 heterocycles. The molecule has 1 aliphatic rings. The van der Waals surface area contributed by atoms with E-state index in [1.54, 1.807) is 23.9 Å². The summed E-state index contributed by atoms with van der Waals surface area (Å²) in [6.45, 7) is 1.88. The number of rotatable bonds is 4. The van der Waals surface area contributed by atoms with Crippen molar-refractivity contribution in [3.63, 3.8) is 0 Å². The molecule has 1 fully saturated rings. The summed E-state index contributed by atoms with van der Waals surface area (Å²) in [6, 6.07) is 7.85. The fourth-order valence-electron chi connectivity index (χ4n) is 3.46. The Labute approximate surface area is 141 Å². The van der Waals surface area contributed by atoms with Crippen molar-refractivity contribution in [3.05, 3.63) is 47.4 Å². The zero-order valence-electron chi connectivity index (χ0n) is 14.1. The lowest BCUT2D eigenvalue weighted by Gasteiger charge is -2.25. The lowest BCUT2D eigenvalue weighted by atomic mass is 9.92.